The normalized spacial score (nSPS) is 8.40. The summed E-state index contributed by atoms with van der Waals surface area (Å²) in [6.07, 6.45) is 2.55. The first-order valence-electron chi connectivity index (χ1n) is 2.46. The van der Waals surface area contributed by atoms with Gasteiger partial charge in [0.15, 0.2) is 0 Å². The predicted molar refractivity (Wildman–Crippen MR) is 32.6 cm³/mol. The minimum absolute atomic E-state index is 0.162. The van der Waals surface area contributed by atoms with Crippen LogP contribution in [0.3, 0.4) is 0 Å². The fourth-order valence-corrected chi connectivity index (χ4v) is 0.473. The summed E-state index contributed by atoms with van der Waals surface area (Å²) in [6, 6.07) is 1.40. The van der Waals surface area contributed by atoms with Gasteiger partial charge in [-0.2, -0.15) is 0 Å². The van der Waals surface area contributed by atoms with E-state index in [0.29, 0.717) is 0 Å². The Balaban J connectivity index is 3.19. The lowest BCUT2D eigenvalue weighted by atomic mass is 10.6. The van der Waals surface area contributed by atoms with E-state index in [1.165, 1.54) is 18.3 Å². The minimum atomic E-state index is -0.531. The van der Waals surface area contributed by atoms with E-state index in [-0.39, 0.29) is 5.82 Å². The van der Waals surface area contributed by atoms with E-state index in [4.69, 9.17) is 0 Å². The Morgan fingerprint density at radius 3 is 3.10 bits per heavy atom. The van der Waals surface area contributed by atoms with Crippen LogP contribution in [0.25, 0.3) is 0 Å². The summed E-state index contributed by atoms with van der Waals surface area (Å²) >= 11 is 0. The van der Waals surface area contributed by atoms with Crippen molar-refractivity contribution in [3.8, 4) is 0 Å². The second-order valence-electron chi connectivity index (χ2n) is 1.46. The van der Waals surface area contributed by atoms with E-state index in [1.54, 1.807) is 0 Å². The molecule has 0 aliphatic rings. The zero-order valence-corrected chi connectivity index (χ0v) is 4.87. The van der Waals surface area contributed by atoms with Crippen LogP contribution in [-0.2, 0) is 4.79 Å². The highest BCUT2D eigenvalue weighted by atomic mass is 16.1. The highest BCUT2D eigenvalue weighted by molar-refractivity contribution is 5.43. The Bertz CT molecular complexity index is 324. The number of carbonyl (C=O) groups excluding carboxylic acids is 1. The first kappa shape index (κ1) is 6.38. The lowest BCUT2D eigenvalue weighted by Crippen LogP contribution is -2.07. The number of isocyanates is 1. The predicted octanol–water partition coefficient (Wildman–Crippen LogP) is -0.263. The number of hydrogen-bond acceptors (Lipinski definition) is 4. The number of aliphatic imine (C=N–C) groups is 1. The highest BCUT2D eigenvalue weighted by Gasteiger charge is 1.86. The molecule has 0 aromatic carbocycles. The largest absolute Gasteiger partial charge is 0.346 e. The molecule has 50 valence electrons. The van der Waals surface area contributed by atoms with Crippen molar-refractivity contribution in [2.45, 2.75) is 0 Å². The Kier molecular flexibility index (Phi) is 1.72. The van der Waals surface area contributed by atoms with Crippen molar-refractivity contribution in [3.63, 3.8) is 0 Å². The van der Waals surface area contributed by atoms with Gasteiger partial charge in [0.1, 0.15) is 5.82 Å². The Labute approximate surface area is 55.5 Å². The maximum atomic E-state index is 10.4. The van der Waals surface area contributed by atoms with Crippen molar-refractivity contribution in [1.82, 2.24) is 9.97 Å². The van der Waals surface area contributed by atoms with Crippen LogP contribution < -0.4 is 5.69 Å². The third kappa shape index (κ3) is 1.37. The van der Waals surface area contributed by atoms with Crippen LogP contribution in [-0.4, -0.2) is 16.0 Å². The summed E-state index contributed by atoms with van der Waals surface area (Å²) in [5, 5.41) is 0. The molecule has 1 heterocycles. The molecule has 0 saturated heterocycles. The molecule has 0 aliphatic heterocycles. The molecular formula is C5H3N3O2. The van der Waals surface area contributed by atoms with Crippen molar-refractivity contribution in [2.75, 3.05) is 0 Å². The molecule has 0 amide bonds. The topological polar surface area (TPSA) is 75.2 Å². The van der Waals surface area contributed by atoms with Crippen molar-refractivity contribution >= 4 is 11.9 Å². The van der Waals surface area contributed by atoms with Gasteiger partial charge in [0.2, 0.25) is 6.08 Å². The second-order valence-corrected chi connectivity index (χ2v) is 1.46. The number of rotatable bonds is 1. The average molecular weight is 137 g/mol. The molecule has 0 aliphatic carbocycles. The van der Waals surface area contributed by atoms with E-state index in [9.17, 15) is 9.59 Å². The quantitative estimate of drug-likeness (QED) is 0.428. The molecular weight excluding hydrogens is 134 g/mol. The lowest BCUT2D eigenvalue weighted by molar-refractivity contribution is 0.565. The van der Waals surface area contributed by atoms with Crippen LogP contribution in [0.15, 0.2) is 22.1 Å². The Morgan fingerprint density at radius 2 is 2.50 bits per heavy atom. The van der Waals surface area contributed by atoms with Crippen LogP contribution in [0.1, 0.15) is 0 Å². The maximum Gasteiger partial charge on any atom is 0.346 e. The summed E-state index contributed by atoms with van der Waals surface area (Å²) in [6.45, 7) is 0. The molecule has 0 bridgehead atoms. The monoisotopic (exact) mass is 137 g/mol. The lowest BCUT2D eigenvalue weighted by Gasteiger charge is -1.84. The van der Waals surface area contributed by atoms with E-state index in [0.717, 1.165) is 0 Å². The van der Waals surface area contributed by atoms with E-state index >= 15 is 0 Å². The molecule has 0 fully saturated rings. The second kappa shape index (κ2) is 2.70. The van der Waals surface area contributed by atoms with Gasteiger partial charge in [0.25, 0.3) is 0 Å². The molecule has 0 spiro atoms. The fraction of sp³-hybridized carbons (Fsp3) is 0. The third-order valence-electron chi connectivity index (χ3n) is 0.825. The van der Waals surface area contributed by atoms with Gasteiger partial charge in [-0.3, -0.25) is 4.98 Å². The number of hydrogen-bond donors (Lipinski definition) is 1. The van der Waals surface area contributed by atoms with Gasteiger partial charge >= 0.3 is 5.69 Å². The third-order valence-corrected chi connectivity index (χ3v) is 0.825. The van der Waals surface area contributed by atoms with Crippen molar-refractivity contribution in [1.29, 1.82) is 0 Å². The fourth-order valence-electron chi connectivity index (χ4n) is 0.473. The van der Waals surface area contributed by atoms with Crippen molar-refractivity contribution in [3.05, 3.63) is 22.7 Å². The molecule has 5 heteroatoms. The average Bonchev–Trinajstić information content (AvgIpc) is 1.88. The molecule has 5 nitrogen and oxygen atoms in total. The molecule has 1 N–H and O–H groups in total. The number of aromatic amines is 1. The molecule has 1 rings (SSSR count). The maximum absolute atomic E-state index is 10.4. The first-order valence-corrected chi connectivity index (χ1v) is 2.46. The number of aromatic nitrogens is 2. The van der Waals surface area contributed by atoms with Crippen molar-refractivity contribution < 1.29 is 4.79 Å². The van der Waals surface area contributed by atoms with E-state index in [1.807, 2.05) is 0 Å². The molecule has 1 aromatic heterocycles. The van der Waals surface area contributed by atoms with Crippen LogP contribution in [0.2, 0.25) is 0 Å². The summed E-state index contributed by atoms with van der Waals surface area (Å²) in [4.78, 5) is 28.8. The molecule has 0 radical (unpaired) electrons. The Morgan fingerprint density at radius 1 is 1.70 bits per heavy atom. The number of nitrogens with zero attached hydrogens (tertiary/aromatic N) is 2. The Hall–Kier alpha value is -1.74. The number of nitrogens with one attached hydrogen (secondary N) is 1. The van der Waals surface area contributed by atoms with Crippen LogP contribution >= 0.6 is 0 Å². The molecule has 0 unspecified atom stereocenters. The molecule has 0 atom stereocenters. The summed E-state index contributed by atoms with van der Waals surface area (Å²) in [7, 11) is 0. The molecule has 0 saturated carbocycles. The van der Waals surface area contributed by atoms with Gasteiger partial charge in [-0.05, 0) is 0 Å². The number of H-pyrrole nitrogens is 1. The van der Waals surface area contributed by atoms with Crippen molar-refractivity contribution in [2.24, 2.45) is 4.99 Å². The van der Waals surface area contributed by atoms with Gasteiger partial charge in [-0.1, -0.05) is 0 Å². The minimum Gasteiger partial charge on any atom is -0.290 e. The van der Waals surface area contributed by atoms with E-state index in [2.05, 4.69) is 15.0 Å². The SMILES string of the molecule is O=C=Nc1ccnc(=O)[nH]1. The zero-order valence-electron chi connectivity index (χ0n) is 4.87. The summed E-state index contributed by atoms with van der Waals surface area (Å²) < 4.78 is 0. The van der Waals surface area contributed by atoms with E-state index < -0.39 is 5.69 Å². The smallest absolute Gasteiger partial charge is 0.290 e. The van der Waals surface area contributed by atoms with Crippen LogP contribution in [0.5, 0.6) is 0 Å². The van der Waals surface area contributed by atoms with Gasteiger partial charge in [0, 0.05) is 12.3 Å². The first-order chi connectivity index (χ1) is 4.83. The van der Waals surface area contributed by atoms with Crippen LogP contribution in [0.4, 0.5) is 5.82 Å². The van der Waals surface area contributed by atoms with Gasteiger partial charge in [-0.25, -0.2) is 14.6 Å². The molecule has 10 heavy (non-hydrogen) atoms. The van der Waals surface area contributed by atoms with Gasteiger partial charge in [-0.15, -0.1) is 4.99 Å². The summed E-state index contributed by atoms with van der Waals surface area (Å²) in [5.41, 5.74) is -0.531. The summed E-state index contributed by atoms with van der Waals surface area (Å²) in [5.74, 6) is 0.162. The zero-order chi connectivity index (χ0) is 7.40. The van der Waals surface area contributed by atoms with Crippen LogP contribution in [0, 0.1) is 0 Å². The van der Waals surface area contributed by atoms with Gasteiger partial charge in [0.05, 0.1) is 0 Å². The van der Waals surface area contributed by atoms with Gasteiger partial charge < -0.3 is 0 Å². The highest BCUT2D eigenvalue weighted by Crippen LogP contribution is 1.97. The molecule has 1 aromatic rings. The standard InChI is InChI=1S/C5H3N3O2/c9-3-7-4-1-2-6-5(10)8-4/h1-2H,(H,6,8,10).